The number of halogens is 2. The van der Waals surface area contributed by atoms with Gasteiger partial charge in [-0.1, -0.05) is 27.5 Å². The maximum Gasteiger partial charge on any atom is 0.242 e. The maximum absolute atomic E-state index is 6.12. The first-order valence-electron chi connectivity index (χ1n) is 5.57. The third-order valence-corrected chi connectivity index (χ3v) is 3.12. The van der Waals surface area contributed by atoms with Gasteiger partial charge in [0.15, 0.2) is 5.82 Å². The lowest BCUT2D eigenvalue weighted by atomic mass is 10.3. The molecule has 1 heterocycles. The van der Waals surface area contributed by atoms with E-state index in [9.17, 15) is 0 Å². The summed E-state index contributed by atoms with van der Waals surface area (Å²) in [5.41, 5.74) is 6.99. The Labute approximate surface area is 124 Å². The average molecular weight is 344 g/mol. The highest BCUT2D eigenvalue weighted by Crippen LogP contribution is 2.31. The number of nitrogens with one attached hydrogen (secondary N) is 1. The lowest BCUT2D eigenvalue weighted by Gasteiger charge is -2.12. The average Bonchev–Trinajstić information content (AvgIpc) is 2.37. The molecule has 5 nitrogen and oxygen atoms in total. The molecule has 0 radical (unpaired) electrons. The van der Waals surface area contributed by atoms with Crippen molar-refractivity contribution in [2.45, 2.75) is 6.92 Å². The van der Waals surface area contributed by atoms with E-state index in [4.69, 9.17) is 22.1 Å². The number of nitrogens with two attached hydrogens (primary N) is 1. The van der Waals surface area contributed by atoms with Gasteiger partial charge in [0.2, 0.25) is 5.88 Å². The standard InChI is InChI=1S/C12H12BrClN4O/c1-2-19-12-10(15)11(16-6-17-12)18-9-4-3-7(13)5-8(9)14/h3-6H,2,15H2,1H3,(H,16,17,18). The molecule has 2 rings (SSSR count). The first kappa shape index (κ1) is 13.9. The third-order valence-electron chi connectivity index (χ3n) is 2.31. The Balaban J connectivity index is 2.30. The van der Waals surface area contributed by atoms with Gasteiger partial charge in [0.05, 0.1) is 17.3 Å². The molecule has 1 aromatic carbocycles. The molecule has 7 heteroatoms. The van der Waals surface area contributed by atoms with Crippen LogP contribution in [-0.2, 0) is 0 Å². The fourth-order valence-electron chi connectivity index (χ4n) is 1.45. The van der Waals surface area contributed by atoms with E-state index in [0.717, 1.165) is 4.47 Å². The Kier molecular flexibility index (Phi) is 4.44. The van der Waals surface area contributed by atoms with Crippen LogP contribution in [0.15, 0.2) is 29.0 Å². The van der Waals surface area contributed by atoms with Gasteiger partial charge >= 0.3 is 0 Å². The normalized spacial score (nSPS) is 10.3. The zero-order valence-electron chi connectivity index (χ0n) is 10.2. The number of hydrogen-bond acceptors (Lipinski definition) is 5. The molecule has 2 aromatic rings. The van der Waals surface area contributed by atoms with Crippen molar-refractivity contribution < 1.29 is 4.74 Å². The number of benzene rings is 1. The lowest BCUT2D eigenvalue weighted by Crippen LogP contribution is -2.05. The zero-order chi connectivity index (χ0) is 13.8. The fraction of sp³-hybridized carbons (Fsp3) is 0.167. The summed E-state index contributed by atoms with van der Waals surface area (Å²) in [4.78, 5) is 8.05. The molecular formula is C12H12BrClN4O. The summed E-state index contributed by atoms with van der Waals surface area (Å²) in [6.07, 6.45) is 1.39. The van der Waals surface area contributed by atoms with Crippen molar-refractivity contribution in [1.82, 2.24) is 9.97 Å². The van der Waals surface area contributed by atoms with Gasteiger partial charge in [-0.25, -0.2) is 4.98 Å². The predicted molar refractivity (Wildman–Crippen MR) is 80.0 cm³/mol. The van der Waals surface area contributed by atoms with Gasteiger partial charge in [-0.15, -0.1) is 0 Å². The van der Waals surface area contributed by atoms with Crippen LogP contribution in [0.3, 0.4) is 0 Å². The Morgan fingerprint density at radius 1 is 1.42 bits per heavy atom. The van der Waals surface area contributed by atoms with E-state index < -0.39 is 0 Å². The third kappa shape index (κ3) is 3.27. The zero-order valence-corrected chi connectivity index (χ0v) is 12.5. The van der Waals surface area contributed by atoms with Crippen molar-refractivity contribution in [2.75, 3.05) is 17.7 Å². The quantitative estimate of drug-likeness (QED) is 0.887. The van der Waals surface area contributed by atoms with Gasteiger partial charge in [-0.05, 0) is 25.1 Å². The number of rotatable bonds is 4. The number of aromatic nitrogens is 2. The molecule has 0 saturated heterocycles. The summed E-state index contributed by atoms with van der Waals surface area (Å²) in [6, 6.07) is 5.48. The lowest BCUT2D eigenvalue weighted by molar-refractivity contribution is 0.328. The minimum atomic E-state index is 0.350. The van der Waals surface area contributed by atoms with Crippen LogP contribution in [0, 0.1) is 0 Å². The Morgan fingerprint density at radius 2 is 2.21 bits per heavy atom. The summed E-state index contributed by atoms with van der Waals surface area (Å²) in [6.45, 7) is 2.35. The molecule has 3 N–H and O–H groups in total. The van der Waals surface area contributed by atoms with Gasteiger partial charge in [-0.2, -0.15) is 4.98 Å². The van der Waals surface area contributed by atoms with Crippen LogP contribution < -0.4 is 15.8 Å². The molecule has 0 aliphatic heterocycles. The molecule has 0 amide bonds. The van der Waals surface area contributed by atoms with Crippen LogP contribution in [0.25, 0.3) is 0 Å². The van der Waals surface area contributed by atoms with Crippen LogP contribution in [0.2, 0.25) is 5.02 Å². The number of nitrogen functional groups attached to an aromatic ring is 1. The number of hydrogen-bond donors (Lipinski definition) is 2. The Hall–Kier alpha value is -1.53. The molecule has 0 unspecified atom stereocenters. The smallest absolute Gasteiger partial charge is 0.242 e. The van der Waals surface area contributed by atoms with Crippen molar-refractivity contribution in [3.8, 4) is 5.88 Å². The summed E-state index contributed by atoms with van der Waals surface area (Å²) in [5.74, 6) is 0.816. The molecule has 0 saturated carbocycles. The monoisotopic (exact) mass is 342 g/mol. The molecule has 19 heavy (non-hydrogen) atoms. The summed E-state index contributed by atoms with van der Waals surface area (Å²) in [5, 5.41) is 3.62. The molecule has 0 fully saturated rings. The summed E-state index contributed by atoms with van der Waals surface area (Å²) in [7, 11) is 0. The van der Waals surface area contributed by atoms with E-state index >= 15 is 0 Å². The van der Waals surface area contributed by atoms with Gasteiger partial charge < -0.3 is 15.8 Å². The molecule has 0 spiro atoms. The van der Waals surface area contributed by atoms with Crippen LogP contribution in [0.1, 0.15) is 6.92 Å². The second kappa shape index (κ2) is 6.08. The molecule has 0 atom stereocenters. The summed E-state index contributed by atoms with van der Waals surface area (Å²) >= 11 is 9.47. The van der Waals surface area contributed by atoms with Crippen molar-refractivity contribution >= 4 is 44.7 Å². The molecule has 0 bridgehead atoms. The van der Waals surface area contributed by atoms with Crippen LogP contribution in [0.4, 0.5) is 17.2 Å². The van der Waals surface area contributed by atoms with Gasteiger partial charge in [0.25, 0.3) is 0 Å². The van der Waals surface area contributed by atoms with E-state index in [0.29, 0.717) is 34.7 Å². The van der Waals surface area contributed by atoms with E-state index in [1.54, 1.807) is 6.07 Å². The molecule has 0 aliphatic rings. The molecule has 0 aliphatic carbocycles. The van der Waals surface area contributed by atoms with E-state index in [1.165, 1.54) is 6.33 Å². The Bertz CT molecular complexity index is 594. The first-order valence-corrected chi connectivity index (χ1v) is 6.74. The van der Waals surface area contributed by atoms with Crippen molar-refractivity contribution in [2.24, 2.45) is 0 Å². The molecule has 100 valence electrons. The van der Waals surface area contributed by atoms with Crippen LogP contribution in [-0.4, -0.2) is 16.6 Å². The van der Waals surface area contributed by atoms with Crippen molar-refractivity contribution in [3.05, 3.63) is 34.0 Å². The highest BCUT2D eigenvalue weighted by Gasteiger charge is 2.10. The van der Waals surface area contributed by atoms with Crippen molar-refractivity contribution in [1.29, 1.82) is 0 Å². The largest absolute Gasteiger partial charge is 0.476 e. The number of anilines is 3. The number of ether oxygens (including phenoxy) is 1. The topological polar surface area (TPSA) is 73.1 Å². The molecule has 1 aromatic heterocycles. The Morgan fingerprint density at radius 3 is 2.89 bits per heavy atom. The highest BCUT2D eigenvalue weighted by molar-refractivity contribution is 9.10. The van der Waals surface area contributed by atoms with E-state index in [1.807, 2.05) is 19.1 Å². The van der Waals surface area contributed by atoms with Gasteiger partial charge in [0, 0.05) is 4.47 Å². The minimum absolute atomic E-state index is 0.350. The van der Waals surface area contributed by atoms with Gasteiger partial charge in [0.1, 0.15) is 12.0 Å². The first-order chi connectivity index (χ1) is 9.11. The predicted octanol–water partition coefficient (Wildman–Crippen LogP) is 3.62. The van der Waals surface area contributed by atoms with Crippen LogP contribution in [0.5, 0.6) is 5.88 Å². The van der Waals surface area contributed by atoms with Gasteiger partial charge in [-0.3, -0.25) is 0 Å². The number of nitrogens with zero attached hydrogens (tertiary/aromatic N) is 2. The van der Waals surface area contributed by atoms with E-state index in [-0.39, 0.29) is 0 Å². The minimum Gasteiger partial charge on any atom is -0.476 e. The summed E-state index contributed by atoms with van der Waals surface area (Å²) < 4.78 is 6.20. The second-order valence-electron chi connectivity index (χ2n) is 3.62. The van der Waals surface area contributed by atoms with Crippen LogP contribution >= 0.6 is 27.5 Å². The van der Waals surface area contributed by atoms with E-state index in [2.05, 4.69) is 31.2 Å². The second-order valence-corrected chi connectivity index (χ2v) is 4.95. The molecular weight excluding hydrogens is 332 g/mol. The van der Waals surface area contributed by atoms with Crippen molar-refractivity contribution in [3.63, 3.8) is 0 Å². The SMILES string of the molecule is CCOc1ncnc(Nc2ccc(Br)cc2Cl)c1N. The fourth-order valence-corrected chi connectivity index (χ4v) is 2.17. The maximum atomic E-state index is 6.12. The highest BCUT2D eigenvalue weighted by atomic mass is 79.9.